The lowest BCUT2D eigenvalue weighted by Gasteiger charge is -2.02. The van der Waals surface area contributed by atoms with Crippen LogP contribution in [0.4, 0.5) is 10.5 Å². The predicted molar refractivity (Wildman–Crippen MR) is 53.6 cm³/mol. The van der Waals surface area contributed by atoms with Gasteiger partial charge >= 0.3 is 6.09 Å². The van der Waals surface area contributed by atoms with Gasteiger partial charge in [-0.2, -0.15) is 0 Å². The Morgan fingerprint density at radius 3 is 3.00 bits per heavy atom. The zero-order valence-corrected chi connectivity index (χ0v) is 8.63. The third kappa shape index (κ3) is 2.49. The van der Waals surface area contributed by atoms with E-state index in [2.05, 4.69) is 10.3 Å². The summed E-state index contributed by atoms with van der Waals surface area (Å²) in [5.41, 5.74) is 0.447. The van der Waals surface area contributed by atoms with Gasteiger partial charge in [0.1, 0.15) is 5.15 Å². The molecule has 0 saturated heterocycles. The topological polar surface area (TPSA) is 62.2 Å². The largest absolute Gasteiger partial charge is 0.465 e. The maximum Gasteiger partial charge on any atom is 0.409 e. The van der Waals surface area contributed by atoms with Crippen LogP contribution in [0, 0.1) is 3.57 Å². The first-order chi connectivity index (χ1) is 5.59. The number of nitrogens with zero attached hydrogens (tertiary/aromatic N) is 1. The second kappa shape index (κ2) is 3.90. The zero-order chi connectivity index (χ0) is 9.14. The summed E-state index contributed by atoms with van der Waals surface area (Å²) >= 11 is 7.52. The van der Waals surface area contributed by atoms with Crippen LogP contribution in [-0.2, 0) is 0 Å². The van der Waals surface area contributed by atoms with Crippen LogP contribution < -0.4 is 5.32 Å². The Hall–Kier alpha value is -0.560. The first-order valence-corrected chi connectivity index (χ1v) is 4.36. The van der Waals surface area contributed by atoms with Crippen molar-refractivity contribution in [3.8, 4) is 0 Å². The van der Waals surface area contributed by atoms with E-state index in [4.69, 9.17) is 16.7 Å². The SMILES string of the molecule is O=C(O)Nc1cc(Cl)ncc1I. The number of aromatic nitrogens is 1. The lowest BCUT2D eigenvalue weighted by atomic mass is 10.4. The average Bonchev–Trinajstić information content (AvgIpc) is 1.96. The molecular formula is C6H4ClIN2O2. The first-order valence-electron chi connectivity index (χ1n) is 2.90. The lowest BCUT2D eigenvalue weighted by Crippen LogP contribution is -2.08. The van der Waals surface area contributed by atoms with Crippen LogP contribution in [0.1, 0.15) is 0 Å². The Balaban J connectivity index is 2.97. The average molecular weight is 298 g/mol. The van der Waals surface area contributed by atoms with Gasteiger partial charge in [-0.15, -0.1) is 0 Å². The number of pyridine rings is 1. The van der Waals surface area contributed by atoms with Crippen molar-refractivity contribution in [2.45, 2.75) is 0 Å². The Bertz CT molecular complexity index is 318. The molecule has 2 N–H and O–H groups in total. The zero-order valence-electron chi connectivity index (χ0n) is 5.71. The van der Waals surface area contributed by atoms with E-state index in [9.17, 15) is 4.79 Å². The summed E-state index contributed by atoms with van der Waals surface area (Å²) in [5.74, 6) is 0. The third-order valence-electron chi connectivity index (χ3n) is 1.06. The molecule has 64 valence electrons. The molecule has 0 aliphatic rings. The maximum atomic E-state index is 10.3. The van der Waals surface area contributed by atoms with E-state index in [1.807, 2.05) is 22.6 Å². The second-order valence-corrected chi connectivity index (χ2v) is 3.47. The number of anilines is 1. The molecule has 0 radical (unpaired) electrons. The molecule has 0 unspecified atom stereocenters. The van der Waals surface area contributed by atoms with Crippen molar-refractivity contribution in [1.82, 2.24) is 4.98 Å². The van der Waals surface area contributed by atoms with Gasteiger partial charge in [-0.3, -0.25) is 5.32 Å². The summed E-state index contributed by atoms with van der Waals surface area (Å²) in [6, 6.07) is 1.46. The number of amides is 1. The van der Waals surface area contributed by atoms with Gasteiger partial charge in [0.2, 0.25) is 0 Å². The normalized spacial score (nSPS) is 9.50. The Morgan fingerprint density at radius 1 is 1.75 bits per heavy atom. The highest BCUT2D eigenvalue weighted by molar-refractivity contribution is 14.1. The van der Waals surface area contributed by atoms with Crippen molar-refractivity contribution in [2.75, 3.05) is 5.32 Å². The van der Waals surface area contributed by atoms with Gasteiger partial charge in [-0.05, 0) is 22.6 Å². The standard InChI is InChI=1S/C6H4ClIN2O2/c7-5-1-4(10-6(11)12)3(8)2-9-5/h1-2H,(H,9,10)(H,11,12). The number of carbonyl (C=O) groups is 1. The smallest absolute Gasteiger partial charge is 0.409 e. The van der Waals surface area contributed by atoms with Gasteiger partial charge in [-0.25, -0.2) is 9.78 Å². The molecule has 0 atom stereocenters. The summed E-state index contributed by atoms with van der Waals surface area (Å²) in [6.45, 7) is 0. The molecule has 0 bridgehead atoms. The Labute approximate surface area is 87.1 Å². The van der Waals surface area contributed by atoms with Crippen LogP contribution in [0.5, 0.6) is 0 Å². The lowest BCUT2D eigenvalue weighted by molar-refractivity contribution is 0.209. The van der Waals surface area contributed by atoms with E-state index < -0.39 is 6.09 Å². The molecule has 1 heterocycles. The number of hydrogen-bond acceptors (Lipinski definition) is 2. The number of hydrogen-bond donors (Lipinski definition) is 2. The molecule has 12 heavy (non-hydrogen) atoms. The molecule has 1 aromatic heterocycles. The molecule has 0 fully saturated rings. The minimum absolute atomic E-state index is 0.263. The van der Waals surface area contributed by atoms with Gasteiger partial charge in [0, 0.05) is 12.3 Å². The molecule has 1 amide bonds. The van der Waals surface area contributed by atoms with E-state index in [1.54, 1.807) is 0 Å². The van der Waals surface area contributed by atoms with E-state index in [0.29, 0.717) is 9.26 Å². The van der Waals surface area contributed by atoms with Crippen molar-refractivity contribution in [3.05, 3.63) is 21.0 Å². The molecule has 0 saturated carbocycles. The summed E-state index contributed by atoms with van der Waals surface area (Å²) in [6.07, 6.45) is 0.379. The second-order valence-electron chi connectivity index (χ2n) is 1.92. The Kier molecular flexibility index (Phi) is 3.10. The summed E-state index contributed by atoms with van der Waals surface area (Å²) < 4.78 is 0.708. The van der Waals surface area contributed by atoms with Crippen molar-refractivity contribution in [3.63, 3.8) is 0 Å². The van der Waals surface area contributed by atoms with Crippen molar-refractivity contribution in [2.24, 2.45) is 0 Å². The highest BCUT2D eigenvalue weighted by atomic mass is 127. The van der Waals surface area contributed by atoms with Crippen LogP contribution in [0.2, 0.25) is 5.15 Å². The van der Waals surface area contributed by atoms with E-state index >= 15 is 0 Å². The number of carboxylic acid groups (broad SMARTS) is 1. The van der Waals surface area contributed by atoms with Crippen molar-refractivity contribution >= 4 is 46.0 Å². The van der Waals surface area contributed by atoms with Crippen LogP contribution in [0.25, 0.3) is 0 Å². The third-order valence-corrected chi connectivity index (χ3v) is 2.13. The van der Waals surface area contributed by atoms with E-state index in [-0.39, 0.29) is 5.15 Å². The van der Waals surface area contributed by atoms with Crippen molar-refractivity contribution in [1.29, 1.82) is 0 Å². The predicted octanol–water partition coefficient (Wildman–Crippen LogP) is 2.43. The molecule has 0 aromatic carbocycles. The fourth-order valence-electron chi connectivity index (χ4n) is 0.624. The number of nitrogens with one attached hydrogen (secondary N) is 1. The Morgan fingerprint density at radius 2 is 2.42 bits per heavy atom. The van der Waals surface area contributed by atoms with Gasteiger partial charge in [-0.1, -0.05) is 11.6 Å². The van der Waals surface area contributed by atoms with Gasteiger partial charge in [0.25, 0.3) is 0 Å². The molecule has 0 aliphatic carbocycles. The van der Waals surface area contributed by atoms with Crippen LogP contribution in [-0.4, -0.2) is 16.2 Å². The summed E-state index contributed by atoms with van der Waals surface area (Å²) in [7, 11) is 0. The van der Waals surface area contributed by atoms with Gasteiger partial charge in [0.05, 0.1) is 9.26 Å². The molecular weight excluding hydrogens is 294 g/mol. The minimum atomic E-state index is -1.12. The fourth-order valence-corrected chi connectivity index (χ4v) is 1.21. The van der Waals surface area contributed by atoms with Crippen LogP contribution >= 0.6 is 34.2 Å². The quantitative estimate of drug-likeness (QED) is 0.618. The summed E-state index contributed by atoms with van der Waals surface area (Å²) in [5, 5.41) is 10.9. The molecule has 1 aromatic rings. The van der Waals surface area contributed by atoms with Crippen LogP contribution in [0.3, 0.4) is 0 Å². The molecule has 6 heteroatoms. The van der Waals surface area contributed by atoms with E-state index in [0.717, 1.165) is 0 Å². The first kappa shape index (κ1) is 9.53. The highest BCUT2D eigenvalue weighted by Crippen LogP contribution is 2.19. The minimum Gasteiger partial charge on any atom is -0.465 e. The summed E-state index contributed by atoms with van der Waals surface area (Å²) in [4.78, 5) is 14.0. The monoisotopic (exact) mass is 298 g/mol. The van der Waals surface area contributed by atoms with Crippen molar-refractivity contribution < 1.29 is 9.90 Å². The van der Waals surface area contributed by atoms with E-state index in [1.165, 1.54) is 12.3 Å². The number of halogens is 2. The molecule has 0 spiro atoms. The maximum absolute atomic E-state index is 10.3. The fraction of sp³-hybridized carbons (Fsp3) is 0. The highest BCUT2D eigenvalue weighted by Gasteiger charge is 2.03. The number of rotatable bonds is 1. The molecule has 1 rings (SSSR count). The molecule has 0 aliphatic heterocycles. The van der Waals surface area contributed by atoms with Crippen LogP contribution in [0.15, 0.2) is 12.3 Å². The van der Waals surface area contributed by atoms with Gasteiger partial charge in [0.15, 0.2) is 0 Å². The molecule has 4 nitrogen and oxygen atoms in total. The van der Waals surface area contributed by atoms with Gasteiger partial charge < -0.3 is 5.11 Å².